The lowest BCUT2D eigenvalue weighted by Crippen LogP contribution is -1.93. The number of aryl methyl sites for hydroxylation is 2. The van der Waals surface area contributed by atoms with E-state index >= 15 is 0 Å². The second-order valence-corrected chi connectivity index (χ2v) is 5.27. The van der Waals surface area contributed by atoms with Crippen LogP contribution in [0.3, 0.4) is 0 Å². The normalized spacial score (nSPS) is 10.9. The number of hydrogen-bond acceptors (Lipinski definition) is 3. The molecule has 2 aromatic heterocycles. The lowest BCUT2D eigenvalue weighted by atomic mass is 10.1. The molecule has 0 spiro atoms. The van der Waals surface area contributed by atoms with E-state index in [1.54, 1.807) is 35.9 Å². The smallest absolute Gasteiger partial charge is 0.186 e. The van der Waals surface area contributed by atoms with Crippen molar-refractivity contribution >= 4 is 23.2 Å². The molecule has 2 rings (SSSR count). The Hall–Kier alpha value is -1.74. The van der Waals surface area contributed by atoms with Gasteiger partial charge in [-0.05, 0) is 43.7 Å². The number of ketones is 1. The van der Waals surface area contributed by atoms with Crippen molar-refractivity contribution < 1.29 is 4.79 Å². The maximum atomic E-state index is 12.0. The minimum Gasteiger partial charge on any atom is -0.289 e. The summed E-state index contributed by atoms with van der Waals surface area (Å²) in [5.41, 5.74) is 1.73. The molecule has 0 fully saturated rings. The van der Waals surface area contributed by atoms with Crippen LogP contribution in [0.15, 0.2) is 36.7 Å². The second kappa shape index (κ2) is 5.06. The minimum atomic E-state index is 0.0516. The van der Waals surface area contributed by atoms with Gasteiger partial charge in [-0.15, -0.1) is 11.3 Å². The highest BCUT2D eigenvalue weighted by Crippen LogP contribution is 2.21. The summed E-state index contributed by atoms with van der Waals surface area (Å²) in [7, 11) is 0. The van der Waals surface area contributed by atoms with Crippen LogP contribution in [-0.2, 0) is 0 Å². The van der Waals surface area contributed by atoms with Crippen LogP contribution in [0.25, 0.3) is 6.08 Å². The minimum absolute atomic E-state index is 0.0516. The quantitative estimate of drug-likeness (QED) is 0.608. The molecular formula is C14H13NOS. The molecule has 2 nitrogen and oxygen atoms in total. The van der Waals surface area contributed by atoms with E-state index in [9.17, 15) is 4.79 Å². The van der Waals surface area contributed by atoms with E-state index in [1.165, 1.54) is 4.88 Å². The number of nitrogens with zero attached hydrogens (tertiary/aromatic N) is 1. The van der Waals surface area contributed by atoms with E-state index < -0.39 is 0 Å². The first-order valence-electron chi connectivity index (χ1n) is 5.36. The van der Waals surface area contributed by atoms with E-state index in [2.05, 4.69) is 4.98 Å². The Morgan fingerprint density at radius 1 is 1.41 bits per heavy atom. The van der Waals surface area contributed by atoms with Crippen molar-refractivity contribution in [1.29, 1.82) is 0 Å². The van der Waals surface area contributed by atoms with Crippen LogP contribution in [-0.4, -0.2) is 10.8 Å². The Morgan fingerprint density at radius 3 is 2.82 bits per heavy atom. The van der Waals surface area contributed by atoms with Gasteiger partial charge in [-0.2, -0.15) is 0 Å². The standard InChI is InChI=1S/C14H13NOS/c1-10-8-13(11(2)17-10)14(16)6-5-12-4-3-7-15-9-12/h3-9H,1-2H3. The van der Waals surface area contributed by atoms with Crippen molar-refractivity contribution in [3.63, 3.8) is 0 Å². The molecule has 0 aliphatic carbocycles. The first kappa shape index (κ1) is 11.7. The SMILES string of the molecule is Cc1cc(C(=O)C=Cc2cccnc2)c(C)s1. The van der Waals surface area contributed by atoms with Gasteiger partial charge in [-0.3, -0.25) is 9.78 Å². The molecule has 0 bridgehead atoms. The van der Waals surface area contributed by atoms with E-state index in [4.69, 9.17) is 0 Å². The molecule has 3 heteroatoms. The highest BCUT2D eigenvalue weighted by atomic mass is 32.1. The number of pyridine rings is 1. The molecule has 2 heterocycles. The predicted octanol–water partition coefficient (Wildman–Crippen LogP) is 3.66. The van der Waals surface area contributed by atoms with Gasteiger partial charge in [-0.1, -0.05) is 6.07 Å². The number of allylic oxidation sites excluding steroid dienone is 1. The molecule has 86 valence electrons. The van der Waals surface area contributed by atoms with E-state index in [0.29, 0.717) is 0 Å². The molecule has 0 unspecified atom stereocenters. The molecule has 0 aliphatic heterocycles. The van der Waals surface area contributed by atoms with Crippen LogP contribution < -0.4 is 0 Å². The van der Waals surface area contributed by atoms with Gasteiger partial charge in [0.15, 0.2) is 5.78 Å². The molecule has 17 heavy (non-hydrogen) atoms. The van der Waals surface area contributed by atoms with Gasteiger partial charge in [0.25, 0.3) is 0 Å². The van der Waals surface area contributed by atoms with Crippen LogP contribution in [0.1, 0.15) is 25.7 Å². The largest absolute Gasteiger partial charge is 0.289 e. The number of hydrogen-bond donors (Lipinski definition) is 0. The second-order valence-electron chi connectivity index (χ2n) is 3.81. The van der Waals surface area contributed by atoms with Crippen LogP contribution in [0.5, 0.6) is 0 Å². The Bertz CT molecular complexity index is 555. The van der Waals surface area contributed by atoms with E-state index in [-0.39, 0.29) is 5.78 Å². The fraction of sp³-hybridized carbons (Fsp3) is 0.143. The molecule has 2 aromatic rings. The molecule has 0 radical (unpaired) electrons. The van der Waals surface area contributed by atoms with Crippen molar-refractivity contribution in [2.24, 2.45) is 0 Å². The van der Waals surface area contributed by atoms with Crippen LogP contribution in [0.4, 0.5) is 0 Å². The van der Waals surface area contributed by atoms with Crippen molar-refractivity contribution in [2.75, 3.05) is 0 Å². The molecule has 0 atom stereocenters. The maximum Gasteiger partial charge on any atom is 0.186 e. The Labute approximate surface area is 105 Å². The molecule has 0 aliphatic rings. The fourth-order valence-corrected chi connectivity index (χ4v) is 2.54. The number of thiophene rings is 1. The molecule has 0 N–H and O–H groups in total. The number of carbonyl (C=O) groups is 1. The van der Waals surface area contributed by atoms with E-state index in [1.807, 2.05) is 32.0 Å². The van der Waals surface area contributed by atoms with Gasteiger partial charge >= 0.3 is 0 Å². The molecule has 0 amide bonds. The third-order valence-electron chi connectivity index (χ3n) is 2.42. The van der Waals surface area contributed by atoms with Gasteiger partial charge in [0.1, 0.15) is 0 Å². The highest BCUT2D eigenvalue weighted by Gasteiger charge is 2.08. The van der Waals surface area contributed by atoms with Crippen LogP contribution in [0, 0.1) is 13.8 Å². The van der Waals surface area contributed by atoms with Crippen molar-refractivity contribution in [3.8, 4) is 0 Å². The average molecular weight is 243 g/mol. The lowest BCUT2D eigenvalue weighted by molar-refractivity contribution is 0.104. The summed E-state index contributed by atoms with van der Waals surface area (Å²) < 4.78 is 0. The van der Waals surface area contributed by atoms with Gasteiger partial charge in [0.2, 0.25) is 0 Å². The molecular weight excluding hydrogens is 230 g/mol. The van der Waals surface area contributed by atoms with Gasteiger partial charge in [-0.25, -0.2) is 0 Å². The first-order valence-corrected chi connectivity index (χ1v) is 6.18. The topological polar surface area (TPSA) is 30.0 Å². The number of aromatic nitrogens is 1. The summed E-state index contributed by atoms with van der Waals surface area (Å²) in [5, 5.41) is 0. The Kier molecular flexibility index (Phi) is 3.49. The summed E-state index contributed by atoms with van der Waals surface area (Å²) in [6.07, 6.45) is 6.84. The van der Waals surface area contributed by atoms with Crippen molar-refractivity contribution in [1.82, 2.24) is 4.98 Å². The Morgan fingerprint density at radius 2 is 2.24 bits per heavy atom. The zero-order valence-electron chi connectivity index (χ0n) is 9.81. The summed E-state index contributed by atoms with van der Waals surface area (Å²) in [4.78, 5) is 18.2. The molecule has 0 saturated carbocycles. The summed E-state index contributed by atoms with van der Waals surface area (Å²) in [5.74, 6) is 0.0516. The number of carbonyl (C=O) groups excluding carboxylic acids is 1. The van der Waals surface area contributed by atoms with Crippen LogP contribution >= 0.6 is 11.3 Å². The Balaban J connectivity index is 2.18. The summed E-state index contributed by atoms with van der Waals surface area (Å²) in [6.45, 7) is 3.99. The van der Waals surface area contributed by atoms with E-state index in [0.717, 1.165) is 16.0 Å². The van der Waals surface area contributed by atoms with Gasteiger partial charge in [0, 0.05) is 27.7 Å². The number of rotatable bonds is 3. The fourth-order valence-electron chi connectivity index (χ4n) is 1.61. The average Bonchev–Trinajstić information content (AvgIpc) is 2.67. The molecule has 0 saturated heterocycles. The lowest BCUT2D eigenvalue weighted by Gasteiger charge is -1.93. The molecule has 0 aromatic carbocycles. The van der Waals surface area contributed by atoms with Crippen molar-refractivity contribution in [2.45, 2.75) is 13.8 Å². The maximum absolute atomic E-state index is 12.0. The summed E-state index contributed by atoms with van der Waals surface area (Å²) in [6, 6.07) is 5.71. The zero-order chi connectivity index (χ0) is 12.3. The monoisotopic (exact) mass is 243 g/mol. The third kappa shape index (κ3) is 2.88. The summed E-state index contributed by atoms with van der Waals surface area (Å²) >= 11 is 1.65. The van der Waals surface area contributed by atoms with Gasteiger partial charge < -0.3 is 0 Å². The highest BCUT2D eigenvalue weighted by molar-refractivity contribution is 7.12. The zero-order valence-corrected chi connectivity index (χ0v) is 10.6. The van der Waals surface area contributed by atoms with Crippen LogP contribution in [0.2, 0.25) is 0 Å². The van der Waals surface area contributed by atoms with Gasteiger partial charge in [0.05, 0.1) is 0 Å². The third-order valence-corrected chi connectivity index (χ3v) is 3.38. The van der Waals surface area contributed by atoms with Crippen molar-refractivity contribution in [3.05, 3.63) is 57.6 Å². The predicted molar refractivity (Wildman–Crippen MR) is 71.4 cm³/mol. The first-order chi connectivity index (χ1) is 8.16.